The largest absolute Gasteiger partial charge is 0.302 e. The van der Waals surface area contributed by atoms with E-state index >= 15 is 0 Å². The van der Waals surface area contributed by atoms with Gasteiger partial charge in [-0.25, -0.2) is 9.37 Å². The minimum absolute atomic E-state index is 0.118. The molecule has 0 aliphatic carbocycles. The van der Waals surface area contributed by atoms with Gasteiger partial charge < -0.3 is 4.90 Å². The topological polar surface area (TPSA) is 36.4 Å². The molecule has 0 radical (unpaired) electrons. The Morgan fingerprint density at radius 2 is 1.73 bits per heavy atom. The van der Waals surface area contributed by atoms with Crippen LogP contribution in [0.4, 0.5) is 9.52 Å². The molecule has 1 amide bonds. The van der Waals surface area contributed by atoms with E-state index < -0.39 is 0 Å². The van der Waals surface area contributed by atoms with Crippen molar-refractivity contribution in [2.45, 2.75) is 13.8 Å². The van der Waals surface area contributed by atoms with Crippen LogP contribution in [0.3, 0.4) is 0 Å². The fraction of sp³-hybridized carbons (Fsp3) is 0.250. The maximum atomic E-state index is 14.2. The van der Waals surface area contributed by atoms with Gasteiger partial charge in [-0.15, -0.1) is 0 Å². The van der Waals surface area contributed by atoms with Crippen LogP contribution in [-0.4, -0.2) is 42.0 Å². The van der Waals surface area contributed by atoms with Crippen LogP contribution in [0.15, 0.2) is 60.7 Å². The van der Waals surface area contributed by atoms with Crippen molar-refractivity contribution in [3.63, 3.8) is 0 Å². The molecule has 4 nitrogen and oxygen atoms in total. The van der Waals surface area contributed by atoms with Gasteiger partial charge in [0.15, 0.2) is 5.13 Å². The van der Waals surface area contributed by atoms with E-state index in [9.17, 15) is 9.18 Å². The van der Waals surface area contributed by atoms with E-state index in [0.29, 0.717) is 22.8 Å². The third kappa shape index (κ3) is 4.06. The van der Waals surface area contributed by atoms with E-state index in [1.54, 1.807) is 11.0 Å². The Morgan fingerprint density at radius 3 is 2.47 bits per heavy atom. The number of para-hydroxylation sites is 1. The number of hydrogen-bond acceptors (Lipinski definition) is 4. The van der Waals surface area contributed by atoms with E-state index in [4.69, 9.17) is 0 Å². The van der Waals surface area contributed by atoms with E-state index in [2.05, 4.69) is 23.7 Å². The fourth-order valence-electron chi connectivity index (χ4n) is 3.56. The summed E-state index contributed by atoms with van der Waals surface area (Å²) in [5, 5.41) is 2.63. The van der Waals surface area contributed by atoms with Crippen molar-refractivity contribution in [3.05, 3.63) is 72.0 Å². The molecule has 0 saturated carbocycles. The highest BCUT2D eigenvalue weighted by molar-refractivity contribution is 7.22. The number of halogens is 1. The van der Waals surface area contributed by atoms with Gasteiger partial charge in [0.25, 0.3) is 5.91 Å². The van der Waals surface area contributed by atoms with Crippen LogP contribution >= 0.6 is 11.3 Å². The number of rotatable bonds is 7. The summed E-state index contributed by atoms with van der Waals surface area (Å²) < 4.78 is 15.0. The van der Waals surface area contributed by atoms with Gasteiger partial charge in [-0.2, -0.15) is 0 Å². The molecule has 154 valence electrons. The highest BCUT2D eigenvalue weighted by atomic mass is 32.1. The molecule has 0 spiro atoms. The van der Waals surface area contributed by atoms with Crippen molar-refractivity contribution >= 4 is 43.4 Å². The summed E-state index contributed by atoms with van der Waals surface area (Å²) in [7, 11) is 0. The maximum absolute atomic E-state index is 14.2. The molecule has 0 aliphatic heterocycles. The molecule has 0 unspecified atom stereocenters. The zero-order valence-corrected chi connectivity index (χ0v) is 18.0. The van der Waals surface area contributed by atoms with Crippen LogP contribution < -0.4 is 4.90 Å². The number of fused-ring (bicyclic) bond motifs is 2. The molecule has 1 heterocycles. The predicted molar refractivity (Wildman–Crippen MR) is 123 cm³/mol. The minimum Gasteiger partial charge on any atom is -0.302 e. The monoisotopic (exact) mass is 421 g/mol. The fourth-order valence-corrected chi connectivity index (χ4v) is 4.57. The van der Waals surface area contributed by atoms with Crippen molar-refractivity contribution in [3.8, 4) is 0 Å². The summed E-state index contributed by atoms with van der Waals surface area (Å²) in [5.74, 6) is -0.482. The van der Waals surface area contributed by atoms with Gasteiger partial charge in [-0.1, -0.05) is 61.6 Å². The number of hydrogen-bond donors (Lipinski definition) is 0. The summed E-state index contributed by atoms with van der Waals surface area (Å²) in [4.78, 5) is 21.9. The average molecular weight is 422 g/mol. The van der Waals surface area contributed by atoms with Crippen molar-refractivity contribution in [1.29, 1.82) is 0 Å². The normalized spacial score (nSPS) is 11.5. The number of likely N-dealkylation sites (N-methyl/N-ethyl adjacent to an activating group) is 1. The predicted octanol–water partition coefficient (Wildman–Crippen LogP) is 5.58. The maximum Gasteiger partial charge on any atom is 0.260 e. The van der Waals surface area contributed by atoms with Gasteiger partial charge in [0.1, 0.15) is 11.3 Å². The average Bonchev–Trinajstić information content (AvgIpc) is 3.21. The smallest absolute Gasteiger partial charge is 0.260 e. The molecule has 0 N–H and O–H groups in total. The lowest BCUT2D eigenvalue weighted by atomic mass is 10.1. The summed E-state index contributed by atoms with van der Waals surface area (Å²) in [5.41, 5.74) is 0.921. The standard InChI is InChI=1S/C24H24FN3OS/c1-3-27(4-2)14-15-28(24-26-22-20(25)10-7-11-21(22)30-24)23(29)19-13-12-17-8-5-6-9-18(17)16-19/h5-13,16H,3-4,14-15H2,1-2H3. The number of nitrogens with zero attached hydrogens (tertiary/aromatic N) is 3. The third-order valence-electron chi connectivity index (χ3n) is 5.37. The molecule has 30 heavy (non-hydrogen) atoms. The number of carbonyl (C=O) groups excluding carboxylic acids is 1. The first-order valence-corrected chi connectivity index (χ1v) is 11.0. The molecule has 1 aromatic heterocycles. The molecule has 4 aromatic rings. The van der Waals surface area contributed by atoms with Crippen molar-refractivity contribution in [2.24, 2.45) is 0 Å². The molecule has 0 saturated heterocycles. The van der Waals surface area contributed by atoms with Gasteiger partial charge in [0.2, 0.25) is 0 Å². The second kappa shape index (κ2) is 8.90. The van der Waals surface area contributed by atoms with Crippen LogP contribution in [0.1, 0.15) is 24.2 Å². The van der Waals surface area contributed by atoms with Gasteiger partial charge in [-0.05, 0) is 48.1 Å². The quantitative estimate of drug-likeness (QED) is 0.391. The number of aromatic nitrogens is 1. The lowest BCUT2D eigenvalue weighted by Gasteiger charge is -2.24. The summed E-state index contributed by atoms with van der Waals surface area (Å²) >= 11 is 1.35. The van der Waals surface area contributed by atoms with Crippen LogP contribution in [0, 0.1) is 5.82 Å². The zero-order chi connectivity index (χ0) is 21.1. The number of amides is 1. The lowest BCUT2D eigenvalue weighted by Crippen LogP contribution is -2.38. The number of thiazole rings is 1. The summed E-state index contributed by atoms with van der Waals surface area (Å²) in [6.07, 6.45) is 0. The van der Waals surface area contributed by atoms with E-state index in [0.717, 1.165) is 35.1 Å². The van der Waals surface area contributed by atoms with Crippen molar-refractivity contribution < 1.29 is 9.18 Å². The second-order valence-electron chi connectivity index (χ2n) is 7.13. The Bertz CT molecular complexity index is 1190. The first kappa shape index (κ1) is 20.4. The van der Waals surface area contributed by atoms with Gasteiger partial charge >= 0.3 is 0 Å². The Balaban J connectivity index is 1.72. The molecular formula is C24H24FN3OS. The number of anilines is 1. The first-order chi connectivity index (χ1) is 14.6. The van der Waals surface area contributed by atoms with E-state index in [-0.39, 0.29) is 11.7 Å². The lowest BCUT2D eigenvalue weighted by molar-refractivity contribution is 0.0984. The molecule has 0 bridgehead atoms. The molecule has 6 heteroatoms. The molecule has 0 atom stereocenters. The highest BCUT2D eigenvalue weighted by Gasteiger charge is 2.23. The van der Waals surface area contributed by atoms with E-state index in [1.165, 1.54) is 17.4 Å². The zero-order valence-electron chi connectivity index (χ0n) is 17.1. The van der Waals surface area contributed by atoms with Crippen LogP contribution in [0.5, 0.6) is 0 Å². The second-order valence-corrected chi connectivity index (χ2v) is 8.14. The highest BCUT2D eigenvalue weighted by Crippen LogP contribution is 2.31. The number of benzene rings is 3. The molecule has 3 aromatic carbocycles. The van der Waals surface area contributed by atoms with Gasteiger partial charge in [-0.3, -0.25) is 9.69 Å². The Labute approximate surface area is 179 Å². The summed E-state index contributed by atoms with van der Waals surface area (Å²) in [6, 6.07) is 18.6. The van der Waals surface area contributed by atoms with Crippen LogP contribution in [-0.2, 0) is 0 Å². The molecule has 0 fully saturated rings. The summed E-state index contributed by atoms with van der Waals surface area (Å²) in [6.45, 7) is 7.24. The van der Waals surface area contributed by atoms with Gasteiger partial charge in [0.05, 0.1) is 4.70 Å². The Hall–Kier alpha value is -2.83. The molecule has 4 rings (SSSR count). The van der Waals surface area contributed by atoms with Crippen LogP contribution in [0.2, 0.25) is 0 Å². The van der Waals surface area contributed by atoms with Gasteiger partial charge in [0, 0.05) is 18.7 Å². The number of carbonyl (C=O) groups is 1. The van der Waals surface area contributed by atoms with E-state index in [1.807, 2.05) is 48.5 Å². The Morgan fingerprint density at radius 1 is 0.967 bits per heavy atom. The van der Waals surface area contributed by atoms with Crippen molar-refractivity contribution in [2.75, 3.05) is 31.1 Å². The molecule has 0 aliphatic rings. The molecular weight excluding hydrogens is 397 g/mol. The Kier molecular flexibility index (Phi) is 6.06. The third-order valence-corrected chi connectivity index (χ3v) is 6.41. The van der Waals surface area contributed by atoms with Crippen molar-refractivity contribution in [1.82, 2.24) is 9.88 Å². The minimum atomic E-state index is -0.364. The SMILES string of the molecule is CCN(CC)CCN(C(=O)c1ccc2ccccc2c1)c1nc2c(F)cccc2s1. The first-order valence-electron chi connectivity index (χ1n) is 10.2. The van der Waals surface area contributed by atoms with Crippen LogP contribution in [0.25, 0.3) is 21.0 Å².